The number of ether oxygens (including phenoxy) is 1. The molecule has 0 spiro atoms. The molecule has 13 nitrogen and oxygen atoms in total. The average molecular weight is 719 g/mol. The first kappa shape index (κ1) is 35.6. The summed E-state index contributed by atoms with van der Waals surface area (Å²) in [5, 5.41) is 13.6. The zero-order valence-corrected chi connectivity index (χ0v) is 28.1. The highest BCUT2D eigenvalue weighted by Gasteiger charge is 2.27. The lowest BCUT2D eigenvalue weighted by Gasteiger charge is -2.19. The van der Waals surface area contributed by atoms with Crippen LogP contribution < -0.4 is 32.1 Å². The van der Waals surface area contributed by atoms with Gasteiger partial charge >= 0.3 is 5.97 Å². The van der Waals surface area contributed by atoms with Crippen molar-refractivity contribution in [3.05, 3.63) is 122 Å². The van der Waals surface area contributed by atoms with E-state index in [0.717, 1.165) is 12.0 Å². The Labute approximate surface area is 296 Å². The van der Waals surface area contributed by atoms with Crippen LogP contribution in [0, 0.1) is 0 Å². The van der Waals surface area contributed by atoms with Crippen molar-refractivity contribution < 1.29 is 23.9 Å². The number of nitrogens with zero attached hydrogens (tertiary/aromatic N) is 1. The molecule has 1 aliphatic heterocycles. The lowest BCUT2D eigenvalue weighted by molar-refractivity contribution is -0.147. The molecule has 4 aromatic rings. The smallest absolute Gasteiger partial charge is 0.330 e. The number of hydrogen-bond donors (Lipinski definition) is 6. The van der Waals surface area contributed by atoms with Crippen molar-refractivity contribution in [3.8, 4) is 11.1 Å². The van der Waals surface area contributed by atoms with Crippen LogP contribution >= 0.6 is 23.2 Å². The molecule has 50 heavy (non-hydrogen) atoms. The first-order valence-corrected chi connectivity index (χ1v) is 16.3. The van der Waals surface area contributed by atoms with Crippen LogP contribution in [-0.2, 0) is 20.9 Å². The van der Waals surface area contributed by atoms with Crippen molar-refractivity contribution in [1.82, 2.24) is 26.3 Å². The van der Waals surface area contributed by atoms with Gasteiger partial charge in [0, 0.05) is 25.8 Å². The summed E-state index contributed by atoms with van der Waals surface area (Å²) in [7, 11) is 0. The van der Waals surface area contributed by atoms with E-state index in [2.05, 4.69) is 36.6 Å². The van der Waals surface area contributed by atoms with E-state index in [0.29, 0.717) is 30.2 Å². The number of carbonyl (C=O) groups is 4. The predicted octanol–water partition coefficient (Wildman–Crippen LogP) is 3.50. The number of carbonyl (C=O) groups excluding carboxylic acids is 4. The third-order valence-electron chi connectivity index (χ3n) is 7.42. The van der Waals surface area contributed by atoms with Gasteiger partial charge in [0.05, 0.1) is 27.7 Å². The number of aromatic nitrogens is 1. The Morgan fingerprint density at radius 1 is 0.880 bits per heavy atom. The molecule has 15 heteroatoms. The second-order valence-corrected chi connectivity index (χ2v) is 11.9. The number of anilines is 1. The van der Waals surface area contributed by atoms with E-state index in [1.54, 1.807) is 36.4 Å². The fourth-order valence-electron chi connectivity index (χ4n) is 4.83. The van der Waals surface area contributed by atoms with Crippen molar-refractivity contribution in [3.63, 3.8) is 0 Å². The Balaban J connectivity index is 1.23. The molecule has 5 rings (SSSR count). The van der Waals surface area contributed by atoms with E-state index in [-0.39, 0.29) is 40.0 Å². The monoisotopic (exact) mass is 717 g/mol. The minimum absolute atomic E-state index is 0.0561. The number of rotatable bonds is 12. The highest BCUT2D eigenvalue weighted by Crippen LogP contribution is 2.32. The quantitative estimate of drug-likeness (QED) is 0.120. The number of aliphatic imine (C=N–C) groups is 1. The van der Waals surface area contributed by atoms with Crippen molar-refractivity contribution in [2.24, 2.45) is 4.99 Å². The Hall–Kier alpha value is -5.66. The largest absolute Gasteiger partial charge is 0.459 e. The average Bonchev–Trinajstić information content (AvgIpc) is 3.13. The summed E-state index contributed by atoms with van der Waals surface area (Å²) >= 11 is 13.0. The molecular weight excluding hydrogens is 685 g/mol. The Morgan fingerprint density at radius 2 is 1.58 bits per heavy atom. The van der Waals surface area contributed by atoms with Crippen LogP contribution in [0.1, 0.15) is 32.7 Å². The standard InChI is InChI=1S/C35H33Cl2N7O6/c36-25-14-23(22-10-5-2-6-11-22)15-26(37)30(25)33(48)43-28(34(49)50-20-21-8-3-1-4-9-21)18-40-29(45)19-42-31(46)24-16-27(32(47)41-17-24)44-35-38-12-7-13-39-35/h1-6,8-11,14-17,28H,7,12-13,18-20H2,(H,40,45)(H,41,47)(H,42,46)(H,43,48)(H2,38,39,44)/t28-/m0/s1. The van der Waals surface area contributed by atoms with Gasteiger partial charge in [-0.1, -0.05) is 83.9 Å². The molecule has 258 valence electrons. The summed E-state index contributed by atoms with van der Waals surface area (Å²) in [5.41, 5.74) is 1.89. The van der Waals surface area contributed by atoms with Gasteiger partial charge in [-0.15, -0.1) is 0 Å². The molecular formula is C35H33Cl2N7O6. The topological polar surface area (TPSA) is 183 Å². The summed E-state index contributed by atoms with van der Waals surface area (Å²) in [4.78, 5) is 71.2. The number of hydrogen-bond acceptors (Lipinski definition) is 9. The summed E-state index contributed by atoms with van der Waals surface area (Å²) in [6.07, 6.45) is 2.08. The maximum Gasteiger partial charge on any atom is 0.330 e. The number of guanidine groups is 1. The summed E-state index contributed by atoms with van der Waals surface area (Å²) in [6, 6.07) is 21.4. The molecule has 1 atom stereocenters. The fourth-order valence-corrected chi connectivity index (χ4v) is 5.49. The number of esters is 1. The second-order valence-electron chi connectivity index (χ2n) is 11.1. The molecule has 0 saturated heterocycles. The van der Waals surface area contributed by atoms with Gasteiger partial charge in [-0.05, 0) is 41.3 Å². The van der Waals surface area contributed by atoms with E-state index in [4.69, 9.17) is 27.9 Å². The van der Waals surface area contributed by atoms with E-state index in [1.165, 1.54) is 12.3 Å². The SMILES string of the molecule is O=C(CNC(=O)c1c[nH]c(=O)c(NC2=NCCCN2)c1)NC[C@H](NC(=O)c1c(Cl)cc(-c2ccccc2)cc1Cl)C(=O)OCc1ccccc1. The van der Waals surface area contributed by atoms with Gasteiger partial charge in [0.1, 0.15) is 18.3 Å². The molecule has 0 bridgehead atoms. The zero-order chi connectivity index (χ0) is 35.5. The molecule has 6 N–H and O–H groups in total. The van der Waals surface area contributed by atoms with Gasteiger partial charge in [-0.3, -0.25) is 24.2 Å². The van der Waals surface area contributed by atoms with Crippen LogP contribution in [0.5, 0.6) is 0 Å². The first-order valence-electron chi connectivity index (χ1n) is 15.6. The van der Waals surface area contributed by atoms with Crippen molar-refractivity contribution in [2.45, 2.75) is 19.1 Å². The maximum atomic E-state index is 13.4. The van der Waals surface area contributed by atoms with Gasteiger partial charge in [0.2, 0.25) is 5.91 Å². The van der Waals surface area contributed by atoms with Crippen LogP contribution in [0.3, 0.4) is 0 Å². The molecule has 3 aromatic carbocycles. The molecule has 0 saturated carbocycles. The van der Waals surface area contributed by atoms with E-state index < -0.39 is 41.8 Å². The molecule has 1 aromatic heterocycles. The number of halogens is 2. The molecule has 2 heterocycles. The number of benzene rings is 3. The van der Waals surface area contributed by atoms with Gasteiger partial charge in [0.15, 0.2) is 5.96 Å². The van der Waals surface area contributed by atoms with Crippen LogP contribution in [-0.4, -0.2) is 66.9 Å². The van der Waals surface area contributed by atoms with Gasteiger partial charge < -0.3 is 36.3 Å². The van der Waals surface area contributed by atoms with Gasteiger partial charge in [0.25, 0.3) is 17.4 Å². The van der Waals surface area contributed by atoms with Gasteiger partial charge in [-0.2, -0.15) is 0 Å². The third-order valence-corrected chi connectivity index (χ3v) is 8.01. The lowest BCUT2D eigenvalue weighted by atomic mass is 10.0. The number of pyridine rings is 1. The number of nitrogens with one attached hydrogen (secondary N) is 6. The van der Waals surface area contributed by atoms with E-state index >= 15 is 0 Å². The molecule has 0 unspecified atom stereocenters. The molecule has 1 aliphatic rings. The Morgan fingerprint density at radius 3 is 2.26 bits per heavy atom. The highest BCUT2D eigenvalue weighted by molar-refractivity contribution is 6.40. The molecule has 0 radical (unpaired) electrons. The van der Waals surface area contributed by atoms with E-state index in [1.807, 2.05) is 36.4 Å². The van der Waals surface area contributed by atoms with Crippen molar-refractivity contribution in [2.75, 3.05) is 31.5 Å². The van der Waals surface area contributed by atoms with Gasteiger partial charge in [-0.25, -0.2) is 4.79 Å². The van der Waals surface area contributed by atoms with Crippen LogP contribution in [0.15, 0.2) is 94.8 Å². The summed E-state index contributed by atoms with van der Waals surface area (Å²) < 4.78 is 5.44. The molecule has 0 aliphatic carbocycles. The number of amides is 3. The Bertz CT molecular complexity index is 1930. The number of H-pyrrole nitrogens is 1. The van der Waals surface area contributed by atoms with Crippen molar-refractivity contribution in [1.29, 1.82) is 0 Å². The minimum atomic E-state index is -1.35. The van der Waals surface area contributed by atoms with E-state index in [9.17, 15) is 24.0 Å². The van der Waals surface area contributed by atoms with Crippen LogP contribution in [0.4, 0.5) is 5.69 Å². The summed E-state index contributed by atoms with van der Waals surface area (Å²) in [5.74, 6) is -2.49. The summed E-state index contributed by atoms with van der Waals surface area (Å²) in [6.45, 7) is 0.349. The number of aromatic amines is 1. The second kappa shape index (κ2) is 17.1. The first-order chi connectivity index (χ1) is 24.2. The van der Waals surface area contributed by atoms with Crippen LogP contribution in [0.2, 0.25) is 10.0 Å². The normalized spacial score (nSPS) is 12.8. The Kier molecular flexibility index (Phi) is 12.2. The third kappa shape index (κ3) is 9.71. The molecule has 3 amide bonds. The maximum absolute atomic E-state index is 13.4. The minimum Gasteiger partial charge on any atom is -0.459 e. The van der Waals surface area contributed by atoms with Crippen LogP contribution in [0.25, 0.3) is 11.1 Å². The fraction of sp³-hybridized carbons (Fsp3) is 0.200. The zero-order valence-electron chi connectivity index (χ0n) is 26.6. The predicted molar refractivity (Wildman–Crippen MR) is 190 cm³/mol. The lowest BCUT2D eigenvalue weighted by Crippen LogP contribution is -2.50. The highest BCUT2D eigenvalue weighted by atomic mass is 35.5. The van der Waals surface area contributed by atoms with Crippen molar-refractivity contribution >= 4 is 58.5 Å². The molecule has 0 fully saturated rings.